The van der Waals surface area contributed by atoms with Crippen molar-refractivity contribution in [1.29, 1.82) is 0 Å². The highest BCUT2D eigenvalue weighted by Gasteiger charge is 2.17. The monoisotopic (exact) mass is 376 g/mol. The first-order valence-electron chi connectivity index (χ1n) is 9.48. The summed E-state index contributed by atoms with van der Waals surface area (Å²) >= 11 is 0. The van der Waals surface area contributed by atoms with Gasteiger partial charge in [0, 0.05) is 24.7 Å². The van der Waals surface area contributed by atoms with Gasteiger partial charge in [0.05, 0.1) is 0 Å². The van der Waals surface area contributed by atoms with Gasteiger partial charge in [0.15, 0.2) is 0 Å². The van der Waals surface area contributed by atoms with Gasteiger partial charge in [-0.25, -0.2) is 0 Å². The quantitative estimate of drug-likeness (QED) is 0.671. The Kier molecular flexibility index (Phi) is 7.33. The van der Waals surface area contributed by atoms with Gasteiger partial charge in [-0.3, -0.25) is 9.59 Å². The van der Waals surface area contributed by atoms with Crippen molar-refractivity contribution in [2.75, 3.05) is 13.6 Å². The first-order chi connectivity index (χ1) is 13.4. The number of carbonyl (C=O) groups is 2. The molecule has 2 rings (SSSR count). The van der Waals surface area contributed by atoms with E-state index in [1.165, 1.54) is 0 Å². The van der Waals surface area contributed by atoms with Crippen LogP contribution in [0.4, 0.5) is 0 Å². The summed E-state index contributed by atoms with van der Waals surface area (Å²) in [5.41, 5.74) is 10.2. The molecule has 0 fully saturated rings. The van der Waals surface area contributed by atoms with Crippen molar-refractivity contribution in [3.63, 3.8) is 0 Å². The zero-order valence-electron chi connectivity index (χ0n) is 16.9. The lowest BCUT2D eigenvalue weighted by Crippen LogP contribution is -2.28. The van der Waals surface area contributed by atoms with E-state index in [2.05, 4.69) is 13.5 Å². The fourth-order valence-electron chi connectivity index (χ4n) is 3.08. The molecule has 0 aliphatic heterocycles. The molecule has 0 bridgehead atoms. The average molecular weight is 377 g/mol. The Bertz CT molecular complexity index is 913. The van der Waals surface area contributed by atoms with Gasteiger partial charge < -0.3 is 10.6 Å². The predicted octanol–water partition coefficient (Wildman–Crippen LogP) is 4.83. The number of aryl methyl sites for hydroxylation is 1. The zero-order chi connectivity index (χ0) is 20.7. The van der Waals surface area contributed by atoms with Gasteiger partial charge in [-0.1, -0.05) is 56.4 Å². The van der Waals surface area contributed by atoms with Gasteiger partial charge in [0.25, 0.3) is 5.91 Å². The van der Waals surface area contributed by atoms with E-state index < -0.39 is 5.91 Å². The molecule has 0 saturated carbocycles. The standard InChI is InChI=1S/C24H28N2O2/c1-5-7-11-21-17(3)10-9-12-22(21)18-14-19(23(25)27)16-20(15-18)24(28)26(4)13-8-6-2/h5,7,9-12,14-16H,1,6,8,13H2,2-4H3,(H2,25,27)/b11-7-. The summed E-state index contributed by atoms with van der Waals surface area (Å²) in [7, 11) is 1.78. The first kappa shape index (κ1) is 21.2. The third-order valence-corrected chi connectivity index (χ3v) is 4.69. The second kappa shape index (κ2) is 9.70. The Morgan fingerprint density at radius 2 is 1.89 bits per heavy atom. The van der Waals surface area contributed by atoms with Crippen LogP contribution in [-0.4, -0.2) is 30.3 Å². The lowest BCUT2D eigenvalue weighted by atomic mass is 9.92. The van der Waals surface area contributed by atoms with Crippen molar-refractivity contribution in [1.82, 2.24) is 4.90 Å². The van der Waals surface area contributed by atoms with Crippen LogP contribution in [-0.2, 0) is 0 Å². The van der Waals surface area contributed by atoms with Crippen LogP contribution in [0.15, 0.2) is 55.1 Å². The molecule has 0 spiro atoms. The highest BCUT2D eigenvalue weighted by Crippen LogP contribution is 2.29. The van der Waals surface area contributed by atoms with Crippen LogP contribution >= 0.6 is 0 Å². The summed E-state index contributed by atoms with van der Waals surface area (Å²) in [5.74, 6) is -0.670. The minimum Gasteiger partial charge on any atom is -0.366 e. The molecule has 0 aliphatic carbocycles. The summed E-state index contributed by atoms with van der Waals surface area (Å²) in [6, 6.07) is 11.1. The number of amides is 2. The summed E-state index contributed by atoms with van der Waals surface area (Å²) in [4.78, 5) is 26.5. The van der Waals surface area contributed by atoms with Crippen molar-refractivity contribution in [2.45, 2.75) is 26.7 Å². The molecule has 0 saturated heterocycles. The summed E-state index contributed by atoms with van der Waals surface area (Å²) in [6.07, 6.45) is 7.50. The molecule has 2 aromatic rings. The minimum atomic E-state index is -0.553. The number of nitrogens with two attached hydrogens (primary N) is 1. The summed E-state index contributed by atoms with van der Waals surface area (Å²) < 4.78 is 0. The maximum Gasteiger partial charge on any atom is 0.253 e. The molecule has 0 atom stereocenters. The minimum absolute atomic E-state index is 0.117. The Labute approximate surface area is 167 Å². The van der Waals surface area contributed by atoms with Crippen LogP contribution in [0.2, 0.25) is 0 Å². The number of rotatable bonds is 8. The molecule has 28 heavy (non-hydrogen) atoms. The van der Waals surface area contributed by atoms with E-state index in [9.17, 15) is 9.59 Å². The molecule has 4 heteroatoms. The highest BCUT2D eigenvalue weighted by molar-refractivity contribution is 6.01. The van der Waals surface area contributed by atoms with E-state index >= 15 is 0 Å². The van der Waals surface area contributed by atoms with Crippen LogP contribution in [0.1, 0.15) is 51.6 Å². The van der Waals surface area contributed by atoms with Gasteiger partial charge >= 0.3 is 0 Å². The molecule has 4 nitrogen and oxygen atoms in total. The van der Waals surface area contributed by atoms with E-state index in [0.29, 0.717) is 17.7 Å². The Morgan fingerprint density at radius 1 is 1.18 bits per heavy atom. The SMILES string of the molecule is C=C/C=C\c1c(C)cccc1-c1cc(C(N)=O)cc(C(=O)N(C)CCCC)c1. The van der Waals surface area contributed by atoms with Crippen molar-refractivity contribution in [3.05, 3.63) is 77.4 Å². The van der Waals surface area contributed by atoms with Crippen LogP contribution in [0.3, 0.4) is 0 Å². The predicted molar refractivity (Wildman–Crippen MR) is 116 cm³/mol. The maximum atomic E-state index is 12.9. The number of unbranched alkanes of at least 4 members (excludes halogenated alkanes) is 1. The second-order valence-corrected chi connectivity index (χ2v) is 6.87. The van der Waals surface area contributed by atoms with Crippen molar-refractivity contribution in [3.8, 4) is 11.1 Å². The van der Waals surface area contributed by atoms with Crippen LogP contribution < -0.4 is 5.73 Å². The molecular weight excluding hydrogens is 348 g/mol. The van der Waals surface area contributed by atoms with Crippen molar-refractivity contribution < 1.29 is 9.59 Å². The molecule has 0 aromatic heterocycles. The fourth-order valence-corrected chi connectivity index (χ4v) is 3.08. The van der Waals surface area contributed by atoms with Gasteiger partial charge in [0.2, 0.25) is 5.91 Å². The van der Waals surface area contributed by atoms with E-state index in [1.807, 2.05) is 43.3 Å². The Morgan fingerprint density at radius 3 is 2.54 bits per heavy atom. The third kappa shape index (κ3) is 4.97. The number of allylic oxidation sites excluding steroid dienone is 2. The van der Waals surface area contributed by atoms with E-state index in [4.69, 9.17) is 5.73 Å². The number of hydrogen-bond donors (Lipinski definition) is 1. The smallest absolute Gasteiger partial charge is 0.253 e. The van der Waals surface area contributed by atoms with Crippen LogP contribution in [0.25, 0.3) is 17.2 Å². The van der Waals surface area contributed by atoms with Crippen molar-refractivity contribution >= 4 is 17.9 Å². The number of carbonyl (C=O) groups excluding carboxylic acids is 2. The van der Waals surface area contributed by atoms with Gasteiger partial charge in [-0.05, 0) is 53.8 Å². The summed E-state index contributed by atoms with van der Waals surface area (Å²) in [6.45, 7) is 8.50. The highest BCUT2D eigenvalue weighted by atomic mass is 16.2. The molecular formula is C24H28N2O2. The Hall–Kier alpha value is -3.14. The molecule has 2 N–H and O–H groups in total. The van der Waals surface area contributed by atoms with E-state index in [1.54, 1.807) is 30.2 Å². The molecule has 0 heterocycles. The van der Waals surface area contributed by atoms with Gasteiger partial charge in [-0.15, -0.1) is 0 Å². The van der Waals surface area contributed by atoms with Crippen molar-refractivity contribution in [2.24, 2.45) is 5.73 Å². The molecule has 2 amide bonds. The first-order valence-corrected chi connectivity index (χ1v) is 9.48. The van der Waals surface area contributed by atoms with E-state index in [-0.39, 0.29) is 5.91 Å². The normalized spacial score (nSPS) is 10.8. The van der Waals surface area contributed by atoms with Crippen LogP contribution in [0.5, 0.6) is 0 Å². The lowest BCUT2D eigenvalue weighted by Gasteiger charge is -2.18. The van der Waals surface area contributed by atoms with Crippen LogP contribution in [0, 0.1) is 6.92 Å². The third-order valence-electron chi connectivity index (χ3n) is 4.69. The molecule has 0 radical (unpaired) electrons. The number of nitrogens with zero attached hydrogens (tertiary/aromatic N) is 1. The molecule has 0 aliphatic rings. The Balaban J connectivity index is 2.60. The van der Waals surface area contributed by atoms with Gasteiger partial charge in [-0.2, -0.15) is 0 Å². The van der Waals surface area contributed by atoms with Gasteiger partial charge in [0.1, 0.15) is 0 Å². The second-order valence-electron chi connectivity index (χ2n) is 6.87. The molecule has 146 valence electrons. The summed E-state index contributed by atoms with van der Waals surface area (Å²) in [5, 5.41) is 0. The molecule has 0 unspecified atom stereocenters. The average Bonchev–Trinajstić information content (AvgIpc) is 2.69. The van der Waals surface area contributed by atoms with E-state index in [0.717, 1.165) is 35.1 Å². The number of hydrogen-bond acceptors (Lipinski definition) is 2. The lowest BCUT2D eigenvalue weighted by molar-refractivity contribution is 0.0793. The number of benzene rings is 2. The molecule has 2 aromatic carbocycles. The number of primary amides is 1. The maximum absolute atomic E-state index is 12.9. The zero-order valence-corrected chi connectivity index (χ0v) is 16.9. The largest absolute Gasteiger partial charge is 0.366 e. The fraction of sp³-hybridized carbons (Fsp3) is 0.250. The topological polar surface area (TPSA) is 63.4 Å².